The summed E-state index contributed by atoms with van der Waals surface area (Å²) in [7, 11) is -5.24. The predicted octanol–water partition coefficient (Wildman–Crippen LogP) is 3.44. The van der Waals surface area contributed by atoms with Crippen LogP contribution in [0.25, 0.3) is 0 Å². The highest BCUT2D eigenvalue weighted by Crippen LogP contribution is 2.42. The van der Waals surface area contributed by atoms with Crippen LogP contribution in [0.3, 0.4) is 0 Å². The van der Waals surface area contributed by atoms with E-state index in [0.717, 1.165) is 6.07 Å². The Morgan fingerprint density at radius 3 is 1.82 bits per heavy atom. The average molecular weight is 382 g/mol. The van der Waals surface area contributed by atoms with Crippen molar-refractivity contribution in [3.05, 3.63) is 0 Å². The third kappa shape index (κ3) is 4.84. The van der Waals surface area contributed by atoms with Gasteiger partial charge in [0, 0.05) is 12.8 Å². The second kappa shape index (κ2) is 6.74. The van der Waals surface area contributed by atoms with E-state index in [1.165, 1.54) is 0 Å². The van der Waals surface area contributed by atoms with Crippen molar-refractivity contribution in [2.24, 2.45) is 0 Å². The van der Waals surface area contributed by atoms with Crippen molar-refractivity contribution in [1.29, 1.82) is 5.26 Å². The Hall–Kier alpha value is -0.830. The number of nitriles is 1. The van der Waals surface area contributed by atoms with E-state index in [4.69, 9.17) is 16.9 Å². The summed E-state index contributed by atoms with van der Waals surface area (Å²) in [6, 6.07) is 0.752. The lowest BCUT2D eigenvalue weighted by molar-refractivity contribution is -0.284. The molecule has 3 nitrogen and oxygen atoms in total. The van der Waals surface area contributed by atoms with Crippen LogP contribution in [-0.4, -0.2) is 43.1 Å². The molecule has 0 spiro atoms. The maximum Gasteiger partial charge on any atom is 0.453 e. The Balaban J connectivity index is 5.27. The zero-order valence-electron chi connectivity index (χ0n) is 10.3. The lowest BCUT2D eigenvalue weighted by Crippen LogP contribution is -2.42. The van der Waals surface area contributed by atoms with E-state index in [0.29, 0.717) is 0 Å². The van der Waals surface area contributed by atoms with Crippen molar-refractivity contribution >= 4 is 21.4 Å². The zero-order valence-corrected chi connectivity index (χ0v) is 11.9. The number of hydrogen-bond acceptors (Lipinski definition) is 3. The first-order valence-corrected chi connectivity index (χ1v) is 7.32. The molecule has 0 saturated carbocycles. The van der Waals surface area contributed by atoms with Gasteiger partial charge < -0.3 is 0 Å². The second-order valence-electron chi connectivity index (χ2n) is 4.17. The van der Waals surface area contributed by atoms with Gasteiger partial charge in [-0.1, -0.05) is 11.6 Å². The van der Waals surface area contributed by atoms with Gasteiger partial charge in [-0.2, -0.15) is 27.2 Å². The van der Waals surface area contributed by atoms with Gasteiger partial charge in [0.15, 0.2) is 16.0 Å². The Morgan fingerprint density at radius 1 is 1.05 bits per heavy atom. The summed E-state index contributed by atoms with van der Waals surface area (Å²) >= 11 is 5.16. The van der Waals surface area contributed by atoms with Crippen molar-refractivity contribution in [3.63, 3.8) is 0 Å². The molecule has 0 heterocycles. The van der Waals surface area contributed by atoms with Gasteiger partial charge in [-0.3, -0.25) is 0 Å². The first kappa shape index (κ1) is 21.2. The minimum atomic E-state index is -6.02. The van der Waals surface area contributed by atoms with E-state index >= 15 is 0 Å². The first-order chi connectivity index (χ1) is 9.59. The highest BCUT2D eigenvalue weighted by Gasteiger charge is 2.58. The van der Waals surface area contributed by atoms with Crippen LogP contribution >= 0.6 is 11.6 Å². The number of rotatable bonds is 7. The molecule has 0 rings (SSSR count). The Labute approximate surface area is 124 Å². The van der Waals surface area contributed by atoms with E-state index in [1.807, 2.05) is 0 Å². The average Bonchev–Trinajstić information content (AvgIpc) is 2.33. The molecule has 0 bridgehead atoms. The lowest BCUT2D eigenvalue weighted by Gasteiger charge is -2.24. The first-order valence-electron chi connectivity index (χ1n) is 5.29. The summed E-state index contributed by atoms with van der Waals surface area (Å²) in [5.41, 5.74) is 0. The predicted molar refractivity (Wildman–Crippen MR) is 59.1 cm³/mol. The fourth-order valence-corrected chi connectivity index (χ4v) is 2.82. The molecule has 2 unspecified atom stereocenters. The highest BCUT2D eigenvalue weighted by atomic mass is 35.5. The molecule has 13 heteroatoms. The number of halogens is 9. The monoisotopic (exact) mass is 381 g/mol. The van der Waals surface area contributed by atoms with Crippen LogP contribution in [0.15, 0.2) is 0 Å². The summed E-state index contributed by atoms with van der Waals surface area (Å²) < 4.78 is 117. The lowest BCUT2D eigenvalue weighted by atomic mass is 10.1. The molecule has 0 fully saturated rings. The van der Waals surface area contributed by atoms with E-state index in [2.05, 4.69) is 0 Å². The Morgan fingerprint density at radius 2 is 1.50 bits per heavy atom. The van der Waals surface area contributed by atoms with Gasteiger partial charge in [0.25, 0.3) is 6.43 Å². The molecule has 0 aliphatic rings. The van der Waals surface area contributed by atoms with Crippen LogP contribution in [-0.2, 0) is 9.84 Å². The van der Waals surface area contributed by atoms with Crippen LogP contribution in [0.1, 0.15) is 12.8 Å². The summed E-state index contributed by atoms with van der Waals surface area (Å²) in [6.45, 7) is 0. The van der Waals surface area contributed by atoms with Gasteiger partial charge in [0.1, 0.15) is 6.07 Å². The molecule has 0 aromatic rings. The molecule has 0 radical (unpaired) electrons. The van der Waals surface area contributed by atoms with E-state index in [9.17, 15) is 43.5 Å². The van der Waals surface area contributed by atoms with Crippen molar-refractivity contribution in [2.75, 3.05) is 5.75 Å². The van der Waals surface area contributed by atoms with E-state index < -0.39 is 57.3 Å². The summed E-state index contributed by atoms with van der Waals surface area (Å²) in [5.74, 6) is -7.34. The molecule has 0 aromatic heterocycles. The Kier molecular flexibility index (Phi) is 6.48. The number of alkyl halides is 9. The maximum atomic E-state index is 12.7. The van der Waals surface area contributed by atoms with Gasteiger partial charge >= 0.3 is 12.1 Å². The molecule has 0 aromatic carbocycles. The number of hydrogen-bond donors (Lipinski definition) is 0. The number of sulfone groups is 1. The van der Waals surface area contributed by atoms with Crippen molar-refractivity contribution in [2.45, 2.75) is 41.7 Å². The standard InChI is InChI=1S/C9H8ClF8NO2S/c10-7(4-19,1-2-8(14,15)9(16,17)18)22(20,21)3-5(11)6(12)13/h5-6H,1-3H2. The second-order valence-corrected chi connectivity index (χ2v) is 7.30. The van der Waals surface area contributed by atoms with Gasteiger partial charge in [-0.05, 0) is 0 Å². The van der Waals surface area contributed by atoms with E-state index in [1.54, 1.807) is 0 Å². The third-order valence-electron chi connectivity index (χ3n) is 2.49. The minimum absolute atomic E-state index is 0.752. The van der Waals surface area contributed by atoms with Crippen molar-refractivity contribution in [3.8, 4) is 6.07 Å². The third-order valence-corrected chi connectivity index (χ3v) is 5.50. The largest absolute Gasteiger partial charge is 0.453 e. The highest BCUT2D eigenvalue weighted by molar-refractivity contribution is 7.94. The quantitative estimate of drug-likeness (QED) is 0.501. The van der Waals surface area contributed by atoms with Crippen LogP contribution in [0.5, 0.6) is 0 Å². The van der Waals surface area contributed by atoms with Crippen molar-refractivity contribution in [1.82, 2.24) is 0 Å². The molecule has 0 N–H and O–H groups in total. The van der Waals surface area contributed by atoms with Crippen LogP contribution in [0, 0.1) is 11.3 Å². The molecule has 22 heavy (non-hydrogen) atoms. The Bertz CT molecular complexity index is 529. The molecule has 0 saturated heterocycles. The van der Waals surface area contributed by atoms with Crippen LogP contribution in [0.4, 0.5) is 35.1 Å². The fourth-order valence-electron chi connectivity index (χ4n) is 1.15. The van der Waals surface area contributed by atoms with E-state index in [-0.39, 0.29) is 0 Å². The van der Waals surface area contributed by atoms with Gasteiger partial charge in [-0.15, -0.1) is 0 Å². The fraction of sp³-hybridized carbons (Fsp3) is 0.889. The minimum Gasteiger partial charge on any atom is -0.240 e. The van der Waals surface area contributed by atoms with Gasteiger partial charge in [0.2, 0.25) is 4.21 Å². The summed E-state index contributed by atoms with van der Waals surface area (Å²) in [5, 5.41) is 8.57. The molecular weight excluding hydrogens is 374 g/mol. The smallest absolute Gasteiger partial charge is 0.240 e. The molecule has 0 amide bonds. The molecule has 0 aliphatic carbocycles. The summed E-state index contributed by atoms with van der Waals surface area (Å²) in [6.07, 6.45) is -16.9. The normalized spacial score (nSPS) is 17.9. The maximum absolute atomic E-state index is 12.7. The van der Waals surface area contributed by atoms with Gasteiger partial charge in [0.05, 0.1) is 5.75 Å². The summed E-state index contributed by atoms with van der Waals surface area (Å²) in [4.78, 5) is 0. The molecule has 0 aliphatic heterocycles. The van der Waals surface area contributed by atoms with Crippen molar-refractivity contribution < 1.29 is 43.5 Å². The van der Waals surface area contributed by atoms with Crippen LogP contribution in [0.2, 0.25) is 0 Å². The number of nitrogens with zero attached hydrogens (tertiary/aromatic N) is 1. The molecular formula is C9H8ClF8NO2S. The SMILES string of the molecule is N#CC(Cl)(CCC(F)(F)C(F)(F)F)S(=O)(=O)CC(F)C(F)F. The molecule has 130 valence electrons. The topological polar surface area (TPSA) is 57.9 Å². The zero-order chi connectivity index (χ0) is 18.0. The van der Waals surface area contributed by atoms with Crippen LogP contribution < -0.4 is 0 Å². The van der Waals surface area contributed by atoms with Gasteiger partial charge in [-0.25, -0.2) is 21.6 Å². The molecule has 2 atom stereocenters.